The van der Waals surface area contributed by atoms with Crippen LogP contribution in [0.4, 0.5) is 9.93 Å². The van der Waals surface area contributed by atoms with Gasteiger partial charge < -0.3 is 55.1 Å². The van der Waals surface area contributed by atoms with E-state index < -0.39 is 54.3 Å². The second-order valence-electron chi connectivity index (χ2n) is 24.1. The summed E-state index contributed by atoms with van der Waals surface area (Å²) in [4.78, 5) is 62.8. The number of carbonyl (C=O) groups excluding carboxylic acids is 2. The maximum atomic E-state index is 13.7. The molecule has 1 aliphatic heterocycles. The van der Waals surface area contributed by atoms with Gasteiger partial charge in [-0.25, -0.2) is 24.4 Å². The molecule has 7 atom stereocenters. The zero-order valence-electron chi connectivity index (χ0n) is 46.7. The number of carboxylic acids is 2. The number of nitrogens with zero attached hydrogens (tertiary/aromatic N) is 5. The molecule has 2 amide bonds. The minimum Gasteiger partial charge on any atom is -0.479 e. The molecular weight excluding hydrogens is 1080 g/mol. The number of nitrogens with two attached hydrogens (primary N) is 1. The first-order valence-electron chi connectivity index (χ1n) is 28.1. The summed E-state index contributed by atoms with van der Waals surface area (Å²) in [6.07, 6.45) is 0.0385. The molecule has 1 saturated heterocycles. The van der Waals surface area contributed by atoms with Crippen molar-refractivity contribution in [3.05, 3.63) is 125 Å². The van der Waals surface area contributed by atoms with Crippen molar-refractivity contribution in [1.29, 1.82) is 0 Å². The van der Waals surface area contributed by atoms with Gasteiger partial charge in [0.15, 0.2) is 16.9 Å². The summed E-state index contributed by atoms with van der Waals surface area (Å²) in [5.41, 5.74) is 10.9. The molecule has 4 aliphatic carbocycles. The highest BCUT2D eigenvalue weighted by Gasteiger charge is 2.66. The number of unbranched alkanes of at least 4 members (excludes halogenated alkanes) is 1. The molecule has 5 fully saturated rings. The molecular formula is C62H69N7O13S. The number of pyridine rings is 1. The first-order valence-corrected chi connectivity index (χ1v) is 28.9. The number of hydrogen-bond donors (Lipinski definition) is 7. The number of aliphatic carboxylic acids is 1. The largest absolute Gasteiger partial charge is 0.479 e. The Kier molecular flexibility index (Phi) is 15.7. The highest BCUT2D eigenvalue weighted by atomic mass is 32.1. The number of aromatic carboxylic acids is 1. The van der Waals surface area contributed by atoms with E-state index in [1.807, 2.05) is 72.3 Å². The van der Waals surface area contributed by atoms with Crippen molar-refractivity contribution in [1.82, 2.24) is 24.6 Å². The summed E-state index contributed by atoms with van der Waals surface area (Å²) in [5.74, 6) is -2.79. The molecule has 5 aliphatic rings. The number of aliphatic hydroxyl groups excluding tert-OH is 3. The fourth-order valence-electron chi connectivity index (χ4n) is 14.6. The number of fused-ring (bicyclic) bond motifs is 2. The zero-order chi connectivity index (χ0) is 58.6. The second-order valence-corrected chi connectivity index (χ2v) is 25.1. The third-order valence-corrected chi connectivity index (χ3v) is 18.2. The summed E-state index contributed by atoms with van der Waals surface area (Å²) >= 11 is 1.40. The quantitative estimate of drug-likeness (QED) is 0.0352. The molecule has 8 N–H and O–H groups in total. The molecule has 4 saturated carbocycles. The number of carbonyl (C=O) groups is 4. The number of rotatable bonds is 20. The van der Waals surface area contributed by atoms with Gasteiger partial charge >= 0.3 is 18.0 Å². The standard InChI is InChI=1S/C62H69N7O13S/c1-35-44(41-19-20-45(65-48(41)54(74)75)38-16-15-36-11-9-12-42(43(36)25-38)53(73)67-57-66-46-13-5-6-14-47(46)83-57)26-64-69(35)34-61-29-59(2)28-60(3,30-61)32-62(31-59,33-61)80-23-22-68(4)58(78)79-27-39-17-18-40(24-37(39)10-7-8-21-63)81-56-51(72)49(70)50(71)52(82-56)55(76)77/h5-6,9,11-20,24-26,49-52,56,70-72H,7-8,10,21-23,27-34,63H2,1-4H3,(H,74,75)(H,76,77)(H,66,67,73)/t49-,50-,51+,52-,56+,59?,60?,61?,62?/m0/s1. The Morgan fingerprint density at radius 2 is 1.63 bits per heavy atom. The number of likely N-dealkylation sites (N-methyl/N-ethyl adjacent to an activating group) is 1. The van der Waals surface area contributed by atoms with Gasteiger partial charge in [0.1, 0.15) is 30.7 Å². The number of aliphatic hydroxyl groups is 3. The van der Waals surface area contributed by atoms with Crippen LogP contribution in [0.3, 0.4) is 0 Å². The molecule has 4 heterocycles. The number of hydrogen-bond acceptors (Lipinski definition) is 16. The minimum absolute atomic E-state index is 0.00844. The minimum atomic E-state index is -1.86. The number of thiazole rings is 1. The van der Waals surface area contributed by atoms with Crippen molar-refractivity contribution in [2.24, 2.45) is 22.0 Å². The number of benzene rings is 4. The van der Waals surface area contributed by atoms with E-state index >= 15 is 0 Å². The number of nitrogens with one attached hydrogen (secondary N) is 1. The Bertz CT molecular complexity index is 3590. The average molecular weight is 1150 g/mol. The Morgan fingerprint density at radius 3 is 2.37 bits per heavy atom. The molecule has 0 spiro atoms. The lowest BCUT2D eigenvalue weighted by Crippen LogP contribution is -2.64. The lowest BCUT2D eigenvalue weighted by molar-refractivity contribution is -0.271. The maximum absolute atomic E-state index is 13.7. The van der Waals surface area contributed by atoms with Gasteiger partial charge in [-0.15, -0.1) is 0 Å². The van der Waals surface area contributed by atoms with E-state index in [1.54, 1.807) is 43.6 Å². The van der Waals surface area contributed by atoms with Crippen LogP contribution in [0.15, 0.2) is 97.2 Å². The number of carboxylic acid groups (broad SMARTS) is 2. The van der Waals surface area contributed by atoms with Gasteiger partial charge in [0.05, 0.1) is 34.3 Å². The van der Waals surface area contributed by atoms with Crippen LogP contribution in [0.25, 0.3) is 43.4 Å². The van der Waals surface area contributed by atoms with E-state index in [9.17, 15) is 44.7 Å². The number of amides is 2. The average Bonchev–Trinajstić information content (AvgIpc) is 1.13. The number of aromatic nitrogens is 4. The van der Waals surface area contributed by atoms with Crippen molar-refractivity contribution in [2.75, 3.05) is 32.1 Å². The van der Waals surface area contributed by atoms with Gasteiger partial charge in [-0.1, -0.05) is 67.6 Å². The van der Waals surface area contributed by atoms with Crippen LogP contribution >= 0.6 is 11.3 Å². The molecule has 0 radical (unpaired) electrons. The summed E-state index contributed by atoms with van der Waals surface area (Å²) in [6.45, 7) is 8.31. The third-order valence-electron chi connectivity index (χ3n) is 17.2. The molecule has 12 rings (SSSR count). The highest BCUT2D eigenvalue weighted by Crippen LogP contribution is 2.72. The van der Waals surface area contributed by atoms with Crippen LogP contribution in [-0.2, 0) is 38.6 Å². The van der Waals surface area contributed by atoms with Crippen molar-refractivity contribution in [3.63, 3.8) is 0 Å². The number of para-hydroxylation sites is 1. The fourth-order valence-corrected chi connectivity index (χ4v) is 15.5. The van der Waals surface area contributed by atoms with Crippen molar-refractivity contribution >= 4 is 61.4 Å². The first-order chi connectivity index (χ1) is 39.6. The highest BCUT2D eigenvalue weighted by molar-refractivity contribution is 7.22. The molecule has 7 aromatic rings. The fraction of sp³-hybridized carbons (Fsp3) is 0.435. The van der Waals surface area contributed by atoms with Crippen LogP contribution in [0.1, 0.15) is 103 Å². The van der Waals surface area contributed by atoms with E-state index in [2.05, 4.69) is 24.1 Å². The third kappa shape index (κ3) is 11.7. The van der Waals surface area contributed by atoms with Crippen molar-refractivity contribution < 1.29 is 63.7 Å². The number of anilines is 1. The lowest BCUT2D eigenvalue weighted by Gasteiger charge is -2.69. The summed E-state index contributed by atoms with van der Waals surface area (Å²) in [6, 6.07) is 27.4. The Hall–Kier alpha value is -7.37. The van der Waals surface area contributed by atoms with Crippen LogP contribution in [0.2, 0.25) is 0 Å². The lowest BCUT2D eigenvalue weighted by atomic mass is 9.39. The van der Waals surface area contributed by atoms with Crippen molar-refractivity contribution in [3.8, 4) is 28.1 Å². The molecule has 4 bridgehead atoms. The molecule has 21 heteroatoms. The maximum Gasteiger partial charge on any atom is 0.409 e. The van der Waals surface area contributed by atoms with Crippen LogP contribution in [-0.4, -0.2) is 137 Å². The van der Waals surface area contributed by atoms with Crippen molar-refractivity contribution in [2.45, 2.75) is 128 Å². The van der Waals surface area contributed by atoms with Crippen LogP contribution in [0.5, 0.6) is 5.75 Å². The zero-order valence-corrected chi connectivity index (χ0v) is 47.6. The topological polar surface area (TPSA) is 291 Å². The Morgan fingerprint density at radius 1 is 0.843 bits per heavy atom. The van der Waals surface area contributed by atoms with Gasteiger partial charge in [0.25, 0.3) is 5.91 Å². The van der Waals surface area contributed by atoms with E-state index in [0.29, 0.717) is 76.6 Å². The molecule has 3 aromatic heterocycles. The van der Waals surface area contributed by atoms with E-state index in [1.165, 1.54) is 16.2 Å². The summed E-state index contributed by atoms with van der Waals surface area (Å²) in [7, 11) is 1.67. The number of aryl methyl sites for hydroxylation is 1. The van der Waals surface area contributed by atoms with E-state index in [4.69, 9.17) is 34.8 Å². The second kappa shape index (κ2) is 22.7. The Labute approximate surface area is 483 Å². The van der Waals surface area contributed by atoms with Crippen LogP contribution < -0.4 is 15.8 Å². The molecule has 20 nitrogen and oxygen atoms in total. The molecule has 83 heavy (non-hydrogen) atoms. The predicted octanol–water partition coefficient (Wildman–Crippen LogP) is 8.59. The summed E-state index contributed by atoms with van der Waals surface area (Å²) < 4.78 is 26.9. The predicted molar refractivity (Wildman–Crippen MR) is 309 cm³/mol. The van der Waals surface area contributed by atoms with E-state index in [0.717, 1.165) is 71.8 Å². The number of ether oxygens (including phenoxy) is 4. The molecule has 2 unspecified atom stereocenters. The molecule has 4 aromatic carbocycles. The SMILES string of the molecule is Cc1c(-c2ccc(-c3ccc4cccc(C(=O)Nc5nc6ccccc6s5)c4c3)nc2C(=O)O)cnn1CC12CC3(C)CC(C)(C1)CC(OCCN(C)C(=O)OCc1ccc(O[C@@H]4O[C@H](C(=O)O)[C@@H](O)[C@H](O)[C@H]4O)cc1CCCCN)(C3)C2. The van der Waals surface area contributed by atoms with E-state index in [-0.39, 0.29) is 46.7 Å². The van der Waals surface area contributed by atoms with Gasteiger partial charge in [-0.05, 0) is 158 Å². The molecule has 436 valence electrons. The Balaban J connectivity index is 0.747. The van der Waals surface area contributed by atoms with Crippen LogP contribution in [0, 0.1) is 23.2 Å². The van der Waals surface area contributed by atoms with Gasteiger partial charge in [0, 0.05) is 48.1 Å². The van der Waals surface area contributed by atoms with Gasteiger partial charge in [-0.3, -0.25) is 14.8 Å². The normalized spacial score (nSPS) is 26.3. The van der Waals surface area contributed by atoms with Gasteiger partial charge in [0.2, 0.25) is 6.29 Å². The summed E-state index contributed by atoms with van der Waals surface area (Å²) in [5, 5.41) is 61.0. The van der Waals surface area contributed by atoms with Gasteiger partial charge in [-0.2, -0.15) is 5.10 Å². The first kappa shape index (κ1) is 57.4. The smallest absolute Gasteiger partial charge is 0.409 e. The monoisotopic (exact) mass is 1150 g/mol.